The molecular weight excluding hydrogens is 310 g/mol. The van der Waals surface area contributed by atoms with Gasteiger partial charge in [-0.2, -0.15) is 5.10 Å². The van der Waals surface area contributed by atoms with E-state index in [1.54, 1.807) is 45.3 Å². The zero-order valence-corrected chi connectivity index (χ0v) is 13.7. The minimum absolute atomic E-state index is 0.236. The number of amides is 2. The Labute approximate surface area is 138 Å². The maximum absolute atomic E-state index is 12.3. The largest absolute Gasteiger partial charge is 0.343 e. The van der Waals surface area contributed by atoms with E-state index in [0.717, 1.165) is 0 Å². The molecule has 0 spiro atoms. The zero-order valence-electron chi connectivity index (χ0n) is 13.7. The van der Waals surface area contributed by atoms with Gasteiger partial charge in [-0.1, -0.05) is 6.58 Å². The second-order valence-electron chi connectivity index (χ2n) is 5.29. The Kier molecular flexibility index (Phi) is 4.98. The maximum Gasteiger partial charge on any atom is 0.343 e. The first-order valence-corrected chi connectivity index (χ1v) is 7.27. The lowest BCUT2D eigenvalue weighted by Gasteiger charge is -2.16. The van der Waals surface area contributed by atoms with Gasteiger partial charge in [0.2, 0.25) is 5.91 Å². The van der Waals surface area contributed by atoms with Crippen LogP contribution in [0.25, 0.3) is 0 Å². The maximum atomic E-state index is 12.3. The van der Waals surface area contributed by atoms with E-state index in [0.29, 0.717) is 17.1 Å². The van der Waals surface area contributed by atoms with Crippen LogP contribution in [0.2, 0.25) is 0 Å². The summed E-state index contributed by atoms with van der Waals surface area (Å²) in [6.45, 7) is 5.17. The van der Waals surface area contributed by atoms with Crippen molar-refractivity contribution >= 4 is 17.5 Å². The number of hydrogen-bond acceptors (Lipinski definition) is 4. The molecule has 0 fully saturated rings. The average Bonchev–Trinajstić information content (AvgIpc) is 2.92. The van der Waals surface area contributed by atoms with Crippen LogP contribution in [-0.4, -0.2) is 33.6 Å². The molecule has 0 saturated carbocycles. The van der Waals surface area contributed by atoms with Crippen LogP contribution in [-0.2, 0) is 11.8 Å². The van der Waals surface area contributed by atoms with E-state index in [1.807, 2.05) is 0 Å². The van der Waals surface area contributed by atoms with Gasteiger partial charge in [-0.3, -0.25) is 14.2 Å². The van der Waals surface area contributed by atoms with Gasteiger partial charge in [0.1, 0.15) is 0 Å². The molecule has 2 N–H and O–H groups in total. The number of carbonyl (C=O) groups excluding carboxylic acids is 2. The molecule has 2 rings (SSSR count). The Morgan fingerprint density at radius 2 is 2.00 bits per heavy atom. The van der Waals surface area contributed by atoms with E-state index < -0.39 is 6.04 Å². The molecule has 126 valence electrons. The van der Waals surface area contributed by atoms with Crippen LogP contribution >= 0.6 is 0 Å². The fourth-order valence-electron chi connectivity index (χ4n) is 2.19. The molecule has 2 aromatic rings. The Hall–Kier alpha value is -3.16. The molecule has 24 heavy (non-hydrogen) atoms. The number of hydrogen-bond donors (Lipinski definition) is 2. The van der Waals surface area contributed by atoms with Gasteiger partial charge >= 0.3 is 5.69 Å². The molecule has 1 heterocycles. The fourth-order valence-corrected chi connectivity index (χ4v) is 2.19. The monoisotopic (exact) mass is 329 g/mol. The van der Waals surface area contributed by atoms with Gasteiger partial charge in [0.15, 0.2) is 5.82 Å². The Balaban J connectivity index is 2.10. The SMILES string of the molecule is C=CC(=O)N(C)c1ccc(C(=O)NC(C)c2n[nH]c(=O)n2C)cc1. The van der Waals surface area contributed by atoms with Crippen LogP contribution in [0.1, 0.15) is 29.1 Å². The Bertz CT molecular complexity index is 819. The lowest BCUT2D eigenvalue weighted by molar-refractivity contribution is -0.113. The van der Waals surface area contributed by atoms with Gasteiger partial charge < -0.3 is 10.2 Å². The highest BCUT2D eigenvalue weighted by atomic mass is 16.2. The van der Waals surface area contributed by atoms with E-state index in [9.17, 15) is 14.4 Å². The summed E-state index contributed by atoms with van der Waals surface area (Å²) in [5.74, 6) is -0.108. The number of H-pyrrole nitrogens is 1. The van der Waals surface area contributed by atoms with Gasteiger partial charge in [0.05, 0.1) is 6.04 Å². The molecule has 0 aliphatic carbocycles. The van der Waals surface area contributed by atoms with Crippen LogP contribution in [0.15, 0.2) is 41.7 Å². The third-order valence-electron chi connectivity index (χ3n) is 3.67. The van der Waals surface area contributed by atoms with Gasteiger partial charge in [0.25, 0.3) is 5.91 Å². The predicted molar refractivity (Wildman–Crippen MR) is 89.8 cm³/mol. The number of aromatic nitrogens is 3. The highest BCUT2D eigenvalue weighted by Crippen LogP contribution is 2.15. The number of nitrogens with zero attached hydrogens (tertiary/aromatic N) is 3. The summed E-state index contributed by atoms with van der Waals surface area (Å²) >= 11 is 0. The molecule has 0 aliphatic heterocycles. The highest BCUT2D eigenvalue weighted by molar-refractivity contribution is 6.01. The summed E-state index contributed by atoms with van der Waals surface area (Å²) in [5.41, 5.74) is 0.746. The molecule has 1 aromatic heterocycles. The second-order valence-corrected chi connectivity index (χ2v) is 5.29. The van der Waals surface area contributed by atoms with E-state index in [1.165, 1.54) is 15.5 Å². The number of benzene rings is 1. The number of nitrogens with one attached hydrogen (secondary N) is 2. The first kappa shape index (κ1) is 17.2. The smallest absolute Gasteiger partial charge is 0.342 e. The number of likely N-dealkylation sites (N-methyl/N-ethyl adjacent to an activating group) is 1. The fraction of sp³-hybridized carbons (Fsp3) is 0.250. The molecule has 0 radical (unpaired) electrons. The number of anilines is 1. The van der Waals surface area contributed by atoms with Crippen molar-refractivity contribution in [2.24, 2.45) is 7.05 Å². The van der Waals surface area contributed by atoms with Crippen molar-refractivity contribution in [2.75, 3.05) is 11.9 Å². The summed E-state index contributed by atoms with van der Waals surface area (Å²) in [7, 11) is 3.20. The molecule has 1 atom stereocenters. The molecule has 8 nitrogen and oxygen atoms in total. The van der Waals surface area contributed by atoms with Gasteiger partial charge in [-0.05, 0) is 37.3 Å². The first-order chi connectivity index (χ1) is 11.3. The van der Waals surface area contributed by atoms with Crippen molar-refractivity contribution in [3.8, 4) is 0 Å². The van der Waals surface area contributed by atoms with Crippen LogP contribution < -0.4 is 15.9 Å². The van der Waals surface area contributed by atoms with E-state index in [2.05, 4.69) is 22.1 Å². The van der Waals surface area contributed by atoms with Gasteiger partial charge in [0, 0.05) is 25.3 Å². The average molecular weight is 329 g/mol. The topological polar surface area (TPSA) is 100 Å². The molecule has 0 saturated heterocycles. The molecule has 2 amide bonds. The summed E-state index contributed by atoms with van der Waals surface area (Å²) < 4.78 is 1.34. The Morgan fingerprint density at radius 3 is 2.50 bits per heavy atom. The summed E-state index contributed by atoms with van der Waals surface area (Å²) in [6, 6.07) is 6.14. The van der Waals surface area contributed by atoms with E-state index in [4.69, 9.17) is 0 Å². The first-order valence-electron chi connectivity index (χ1n) is 7.27. The highest BCUT2D eigenvalue weighted by Gasteiger charge is 2.17. The van der Waals surface area contributed by atoms with Crippen LogP contribution in [0, 0.1) is 0 Å². The summed E-state index contributed by atoms with van der Waals surface area (Å²) in [5, 5.41) is 8.98. The van der Waals surface area contributed by atoms with Crippen molar-refractivity contribution in [3.63, 3.8) is 0 Å². The molecule has 8 heteroatoms. The van der Waals surface area contributed by atoms with Crippen molar-refractivity contribution in [1.82, 2.24) is 20.1 Å². The molecule has 1 unspecified atom stereocenters. The summed E-state index contributed by atoms with van der Waals surface area (Å²) in [4.78, 5) is 36.6. The van der Waals surface area contributed by atoms with Crippen LogP contribution in [0.4, 0.5) is 5.69 Å². The molecular formula is C16H19N5O3. The summed E-state index contributed by atoms with van der Waals surface area (Å²) in [6.07, 6.45) is 1.22. The van der Waals surface area contributed by atoms with E-state index >= 15 is 0 Å². The second kappa shape index (κ2) is 6.95. The molecule has 1 aromatic carbocycles. The molecule has 0 aliphatic rings. The quantitative estimate of drug-likeness (QED) is 0.791. The Morgan fingerprint density at radius 1 is 1.38 bits per heavy atom. The van der Waals surface area contributed by atoms with Crippen LogP contribution in [0.5, 0.6) is 0 Å². The number of rotatable bonds is 5. The predicted octanol–water partition coefficient (Wildman–Crippen LogP) is 0.748. The lowest BCUT2D eigenvalue weighted by atomic mass is 10.1. The number of aromatic amines is 1. The molecule has 0 bridgehead atoms. The van der Waals surface area contributed by atoms with Crippen molar-refractivity contribution in [3.05, 3.63) is 58.8 Å². The third-order valence-corrected chi connectivity index (χ3v) is 3.67. The normalized spacial score (nSPS) is 11.6. The zero-order chi connectivity index (χ0) is 17.9. The third kappa shape index (κ3) is 3.43. The van der Waals surface area contributed by atoms with Crippen molar-refractivity contribution < 1.29 is 9.59 Å². The van der Waals surface area contributed by atoms with Gasteiger partial charge in [-0.15, -0.1) is 0 Å². The minimum Gasteiger partial charge on any atom is -0.342 e. The van der Waals surface area contributed by atoms with Crippen molar-refractivity contribution in [1.29, 1.82) is 0 Å². The standard InChI is InChI=1S/C16H19N5O3/c1-5-13(22)20(3)12-8-6-11(7-9-12)15(23)17-10(2)14-18-19-16(24)21(14)4/h5-10H,1H2,2-4H3,(H,17,23)(H,19,24). The lowest BCUT2D eigenvalue weighted by Crippen LogP contribution is -2.29. The number of carbonyl (C=O) groups is 2. The minimum atomic E-state index is -0.439. The van der Waals surface area contributed by atoms with Crippen molar-refractivity contribution in [2.45, 2.75) is 13.0 Å². The van der Waals surface area contributed by atoms with E-state index in [-0.39, 0.29) is 17.5 Å². The van der Waals surface area contributed by atoms with Crippen LogP contribution in [0.3, 0.4) is 0 Å². The van der Waals surface area contributed by atoms with Gasteiger partial charge in [-0.25, -0.2) is 9.89 Å².